The van der Waals surface area contributed by atoms with Gasteiger partial charge < -0.3 is 15.3 Å². The van der Waals surface area contributed by atoms with Crippen LogP contribution >= 0.6 is 0 Å². The van der Waals surface area contributed by atoms with Gasteiger partial charge in [0.1, 0.15) is 17.6 Å². The molecule has 0 aliphatic carbocycles. The average Bonchev–Trinajstić information content (AvgIpc) is 2.32. The minimum Gasteiger partial charge on any atom is -0.464 e. The van der Waals surface area contributed by atoms with Gasteiger partial charge in [-0.3, -0.25) is 0 Å². The topological polar surface area (TPSA) is 59.4 Å². The Morgan fingerprint density at radius 1 is 1.50 bits per heavy atom. The lowest BCUT2D eigenvalue weighted by atomic mass is 9.97. The van der Waals surface area contributed by atoms with E-state index in [1.54, 1.807) is 19.9 Å². The maximum atomic E-state index is 9.65. The zero-order valence-corrected chi connectivity index (χ0v) is 7.66. The molecule has 12 heavy (non-hydrogen) atoms. The van der Waals surface area contributed by atoms with Crippen molar-refractivity contribution >= 4 is 0 Å². The lowest BCUT2D eigenvalue weighted by Gasteiger charge is -2.23. The second-order valence-electron chi connectivity index (χ2n) is 3.67. The van der Waals surface area contributed by atoms with Gasteiger partial charge in [0.2, 0.25) is 0 Å². The van der Waals surface area contributed by atoms with Crippen molar-refractivity contribution in [2.45, 2.75) is 32.4 Å². The molecule has 3 heteroatoms. The molecule has 0 saturated carbocycles. The first-order valence-corrected chi connectivity index (χ1v) is 3.94. The fourth-order valence-corrected chi connectivity index (χ4v) is 0.967. The van der Waals surface area contributed by atoms with Gasteiger partial charge in [-0.2, -0.15) is 0 Å². The van der Waals surface area contributed by atoms with E-state index in [2.05, 4.69) is 0 Å². The Labute approximate surface area is 72.2 Å². The molecule has 0 amide bonds. The Bertz CT molecular complexity index is 260. The van der Waals surface area contributed by atoms with Crippen LogP contribution in [0.4, 0.5) is 0 Å². The molecule has 1 atom stereocenters. The number of aryl methyl sites for hydroxylation is 1. The average molecular weight is 169 g/mol. The summed E-state index contributed by atoms with van der Waals surface area (Å²) in [6.45, 7) is 5.35. The molecular formula is C9H15NO2. The number of hydrogen-bond donors (Lipinski definition) is 2. The Kier molecular flexibility index (Phi) is 2.26. The van der Waals surface area contributed by atoms with Crippen molar-refractivity contribution < 1.29 is 9.52 Å². The van der Waals surface area contributed by atoms with E-state index >= 15 is 0 Å². The third-order valence-corrected chi connectivity index (χ3v) is 1.74. The van der Waals surface area contributed by atoms with Gasteiger partial charge in [-0.15, -0.1) is 0 Å². The summed E-state index contributed by atoms with van der Waals surface area (Å²) in [4.78, 5) is 0. The number of nitrogens with two attached hydrogens (primary N) is 1. The SMILES string of the molecule is Cc1ccc([C@H](O)C(C)(C)N)o1. The lowest BCUT2D eigenvalue weighted by molar-refractivity contribution is 0.0817. The molecule has 1 heterocycles. The smallest absolute Gasteiger partial charge is 0.134 e. The predicted octanol–water partition coefficient (Wildman–Crippen LogP) is 1.36. The van der Waals surface area contributed by atoms with Crippen LogP contribution in [0.15, 0.2) is 16.5 Å². The first-order valence-electron chi connectivity index (χ1n) is 3.94. The van der Waals surface area contributed by atoms with E-state index in [-0.39, 0.29) is 0 Å². The molecular weight excluding hydrogens is 154 g/mol. The van der Waals surface area contributed by atoms with Crippen molar-refractivity contribution in [2.75, 3.05) is 0 Å². The minimum atomic E-state index is -0.744. The normalized spacial score (nSPS) is 14.8. The summed E-state index contributed by atoms with van der Waals surface area (Å²) in [5.74, 6) is 1.31. The summed E-state index contributed by atoms with van der Waals surface area (Å²) in [5, 5.41) is 9.65. The molecule has 0 aliphatic heterocycles. The molecule has 0 saturated heterocycles. The first kappa shape index (κ1) is 9.29. The maximum absolute atomic E-state index is 9.65. The van der Waals surface area contributed by atoms with Crippen LogP contribution in [-0.4, -0.2) is 10.6 Å². The Morgan fingerprint density at radius 3 is 2.42 bits per heavy atom. The highest BCUT2D eigenvalue weighted by molar-refractivity contribution is 5.11. The van der Waals surface area contributed by atoms with Gasteiger partial charge in [-0.05, 0) is 32.9 Å². The van der Waals surface area contributed by atoms with Crippen LogP contribution in [0.5, 0.6) is 0 Å². The number of aliphatic hydroxyl groups is 1. The molecule has 0 aromatic carbocycles. The monoisotopic (exact) mass is 169 g/mol. The highest BCUT2D eigenvalue weighted by atomic mass is 16.4. The maximum Gasteiger partial charge on any atom is 0.134 e. The molecule has 1 aromatic heterocycles. The standard InChI is InChI=1S/C9H15NO2/c1-6-4-5-7(12-6)8(11)9(2,3)10/h4-5,8,11H,10H2,1-3H3/t8-/m0/s1. The predicted molar refractivity (Wildman–Crippen MR) is 46.7 cm³/mol. The third kappa shape index (κ3) is 1.87. The zero-order chi connectivity index (χ0) is 9.35. The number of furan rings is 1. The summed E-state index contributed by atoms with van der Waals surface area (Å²) in [6.07, 6.45) is -0.744. The molecule has 0 radical (unpaired) electrons. The fraction of sp³-hybridized carbons (Fsp3) is 0.556. The summed E-state index contributed by atoms with van der Waals surface area (Å²) >= 11 is 0. The molecule has 1 rings (SSSR count). The number of rotatable bonds is 2. The van der Waals surface area contributed by atoms with Gasteiger partial charge in [-0.1, -0.05) is 0 Å². The molecule has 3 N–H and O–H groups in total. The van der Waals surface area contributed by atoms with Gasteiger partial charge in [0.15, 0.2) is 0 Å². The van der Waals surface area contributed by atoms with Gasteiger partial charge in [-0.25, -0.2) is 0 Å². The van der Waals surface area contributed by atoms with Gasteiger partial charge in [0, 0.05) is 5.54 Å². The third-order valence-electron chi connectivity index (χ3n) is 1.74. The number of aliphatic hydroxyl groups excluding tert-OH is 1. The van der Waals surface area contributed by atoms with Crippen LogP contribution in [0.1, 0.15) is 31.5 Å². The van der Waals surface area contributed by atoms with Crippen LogP contribution in [0.3, 0.4) is 0 Å². The molecule has 0 fully saturated rings. The summed E-state index contributed by atoms with van der Waals surface area (Å²) in [6, 6.07) is 3.55. The van der Waals surface area contributed by atoms with E-state index in [4.69, 9.17) is 10.2 Å². The molecule has 0 spiro atoms. The van der Waals surface area contributed by atoms with Crippen molar-refractivity contribution in [2.24, 2.45) is 5.73 Å². The second kappa shape index (κ2) is 2.92. The van der Waals surface area contributed by atoms with E-state index in [9.17, 15) is 5.11 Å². The fourth-order valence-electron chi connectivity index (χ4n) is 0.967. The Balaban J connectivity index is 2.85. The van der Waals surface area contributed by atoms with E-state index in [0.717, 1.165) is 5.76 Å². The van der Waals surface area contributed by atoms with E-state index in [1.165, 1.54) is 0 Å². The molecule has 68 valence electrons. The quantitative estimate of drug-likeness (QED) is 0.702. The second-order valence-corrected chi connectivity index (χ2v) is 3.67. The van der Waals surface area contributed by atoms with E-state index < -0.39 is 11.6 Å². The highest BCUT2D eigenvalue weighted by Crippen LogP contribution is 2.24. The first-order chi connectivity index (χ1) is 5.41. The van der Waals surface area contributed by atoms with E-state index in [1.807, 2.05) is 13.0 Å². The van der Waals surface area contributed by atoms with Gasteiger partial charge >= 0.3 is 0 Å². The van der Waals surface area contributed by atoms with Crippen molar-refractivity contribution in [3.05, 3.63) is 23.7 Å². The summed E-state index contributed by atoms with van der Waals surface area (Å²) in [7, 11) is 0. The number of hydrogen-bond acceptors (Lipinski definition) is 3. The summed E-state index contributed by atoms with van der Waals surface area (Å²) in [5.41, 5.74) is 5.05. The Morgan fingerprint density at radius 2 is 2.08 bits per heavy atom. The minimum absolute atomic E-state index is 0.528. The van der Waals surface area contributed by atoms with Crippen LogP contribution in [0, 0.1) is 6.92 Å². The highest BCUT2D eigenvalue weighted by Gasteiger charge is 2.26. The van der Waals surface area contributed by atoms with Crippen molar-refractivity contribution in [1.29, 1.82) is 0 Å². The van der Waals surface area contributed by atoms with Crippen molar-refractivity contribution in [3.63, 3.8) is 0 Å². The Hall–Kier alpha value is -0.800. The van der Waals surface area contributed by atoms with Gasteiger partial charge in [0.25, 0.3) is 0 Å². The molecule has 3 nitrogen and oxygen atoms in total. The van der Waals surface area contributed by atoms with Gasteiger partial charge in [0.05, 0.1) is 0 Å². The van der Waals surface area contributed by atoms with E-state index in [0.29, 0.717) is 5.76 Å². The van der Waals surface area contributed by atoms with Crippen LogP contribution in [0.25, 0.3) is 0 Å². The molecule has 0 bridgehead atoms. The molecule has 0 aliphatic rings. The van der Waals surface area contributed by atoms with Crippen LogP contribution in [-0.2, 0) is 0 Å². The zero-order valence-electron chi connectivity index (χ0n) is 7.66. The van der Waals surface area contributed by atoms with Crippen molar-refractivity contribution in [1.82, 2.24) is 0 Å². The molecule has 0 unspecified atom stereocenters. The largest absolute Gasteiger partial charge is 0.464 e. The van der Waals surface area contributed by atoms with Crippen LogP contribution in [0.2, 0.25) is 0 Å². The van der Waals surface area contributed by atoms with Crippen LogP contribution < -0.4 is 5.73 Å². The molecule has 1 aromatic rings. The summed E-state index contributed by atoms with van der Waals surface area (Å²) < 4.78 is 5.24. The lowest BCUT2D eigenvalue weighted by Crippen LogP contribution is -2.39. The van der Waals surface area contributed by atoms with Crippen molar-refractivity contribution in [3.8, 4) is 0 Å².